The second-order valence-electron chi connectivity index (χ2n) is 6.02. The molecule has 1 N–H and O–H groups in total. The number of nitrogens with zero attached hydrogens (tertiary/aromatic N) is 1. The molecule has 0 fully saturated rings. The van der Waals surface area contributed by atoms with E-state index >= 15 is 0 Å². The maximum Gasteiger partial charge on any atom is 0.0642 e. The van der Waals surface area contributed by atoms with Gasteiger partial charge in [0, 0.05) is 38.5 Å². The van der Waals surface area contributed by atoms with Gasteiger partial charge in [-0.25, -0.2) is 0 Å². The van der Waals surface area contributed by atoms with Crippen LogP contribution in [-0.4, -0.2) is 31.8 Å². The third-order valence-electron chi connectivity index (χ3n) is 4.02. The Bertz CT molecular complexity index is 417. The molecule has 0 amide bonds. The summed E-state index contributed by atoms with van der Waals surface area (Å²) in [5.41, 5.74) is 2.68. The zero-order valence-electron chi connectivity index (χ0n) is 12.6. The lowest BCUT2D eigenvalue weighted by atomic mass is 9.98. The molecule has 0 aliphatic carbocycles. The molecule has 0 saturated carbocycles. The minimum absolute atomic E-state index is 0.0753. The highest BCUT2D eigenvalue weighted by Gasteiger charge is 2.26. The molecule has 1 aromatic carbocycles. The molecule has 0 aromatic heterocycles. The molecule has 1 heterocycles. The zero-order chi connectivity index (χ0) is 13.9. The summed E-state index contributed by atoms with van der Waals surface area (Å²) in [6, 6.07) is 9.17. The maximum atomic E-state index is 5.58. The molecular weight excluding hydrogens is 236 g/mol. The second kappa shape index (κ2) is 5.93. The molecule has 2 rings (SSSR count). The highest BCUT2D eigenvalue weighted by molar-refractivity contribution is 5.55. The average Bonchev–Trinajstić information content (AvgIpc) is 2.60. The Labute approximate surface area is 116 Å². The Kier molecular flexibility index (Phi) is 4.48. The first-order valence-corrected chi connectivity index (χ1v) is 7.14. The number of anilines is 1. The van der Waals surface area contributed by atoms with E-state index in [0.717, 1.165) is 26.1 Å². The topological polar surface area (TPSA) is 24.5 Å². The van der Waals surface area contributed by atoms with E-state index in [-0.39, 0.29) is 5.60 Å². The van der Waals surface area contributed by atoms with Crippen LogP contribution in [0.3, 0.4) is 0 Å². The van der Waals surface area contributed by atoms with Crippen molar-refractivity contribution >= 4 is 5.69 Å². The van der Waals surface area contributed by atoms with Gasteiger partial charge in [0.1, 0.15) is 0 Å². The van der Waals surface area contributed by atoms with Crippen molar-refractivity contribution in [2.75, 3.05) is 25.1 Å². The van der Waals surface area contributed by atoms with Crippen LogP contribution in [0.2, 0.25) is 0 Å². The lowest BCUT2D eigenvalue weighted by Gasteiger charge is -2.36. The summed E-state index contributed by atoms with van der Waals surface area (Å²) in [6.07, 6.45) is 1.03. The van der Waals surface area contributed by atoms with Gasteiger partial charge in [0.25, 0.3) is 0 Å². The molecule has 3 nitrogen and oxygen atoms in total. The van der Waals surface area contributed by atoms with Crippen molar-refractivity contribution in [3.05, 3.63) is 29.8 Å². The third-order valence-corrected chi connectivity index (χ3v) is 4.02. The van der Waals surface area contributed by atoms with Crippen LogP contribution in [0.5, 0.6) is 0 Å². The van der Waals surface area contributed by atoms with Crippen LogP contribution in [-0.2, 0) is 11.3 Å². The van der Waals surface area contributed by atoms with Crippen LogP contribution >= 0.6 is 0 Å². The van der Waals surface area contributed by atoms with E-state index in [1.54, 1.807) is 7.11 Å². The maximum absolute atomic E-state index is 5.58. The van der Waals surface area contributed by atoms with Crippen molar-refractivity contribution in [3.8, 4) is 0 Å². The van der Waals surface area contributed by atoms with Crippen LogP contribution in [0.4, 0.5) is 5.69 Å². The Morgan fingerprint density at radius 2 is 2.11 bits per heavy atom. The van der Waals surface area contributed by atoms with E-state index in [1.165, 1.54) is 11.3 Å². The van der Waals surface area contributed by atoms with E-state index in [0.29, 0.717) is 6.04 Å². The molecule has 0 radical (unpaired) electrons. The minimum Gasteiger partial charge on any atom is -0.379 e. The zero-order valence-corrected chi connectivity index (χ0v) is 12.6. The van der Waals surface area contributed by atoms with Gasteiger partial charge in [-0.15, -0.1) is 0 Å². The molecule has 1 unspecified atom stereocenters. The SMILES string of the molecule is COC(C)(C)CC(C)N1CCNCc2ccccc21. The number of benzene rings is 1. The number of hydrogen-bond donors (Lipinski definition) is 1. The lowest BCUT2D eigenvalue weighted by Crippen LogP contribution is -2.41. The Balaban J connectivity index is 2.19. The highest BCUT2D eigenvalue weighted by Crippen LogP contribution is 2.27. The summed E-state index contributed by atoms with van der Waals surface area (Å²) in [7, 11) is 1.80. The molecule has 1 aliphatic rings. The fourth-order valence-corrected chi connectivity index (χ4v) is 2.85. The Morgan fingerprint density at radius 1 is 1.37 bits per heavy atom. The fourth-order valence-electron chi connectivity index (χ4n) is 2.85. The number of ether oxygens (including phenoxy) is 1. The predicted octanol–water partition coefficient (Wildman–Crippen LogP) is 2.80. The van der Waals surface area contributed by atoms with E-state index in [4.69, 9.17) is 4.74 Å². The molecule has 19 heavy (non-hydrogen) atoms. The van der Waals surface area contributed by atoms with Crippen LogP contribution in [0.15, 0.2) is 24.3 Å². The van der Waals surface area contributed by atoms with Gasteiger partial charge in [-0.05, 0) is 38.8 Å². The van der Waals surface area contributed by atoms with Gasteiger partial charge in [-0.2, -0.15) is 0 Å². The third kappa shape index (κ3) is 3.48. The molecule has 0 saturated heterocycles. The number of hydrogen-bond acceptors (Lipinski definition) is 3. The van der Waals surface area contributed by atoms with Crippen LogP contribution < -0.4 is 10.2 Å². The number of fused-ring (bicyclic) bond motifs is 1. The van der Waals surface area contributed by atoms with Crippen LogP contribution in [0.1, 0.15) is 32.8 Å². The number of para-hydroxylation sites is 1. The van der Waals surface area contributed by atoms with Crippen molar-refractivity contribution in [2.24, 2.45) is 0 Å². The molecule has 1 atom stereocenters. The average molecular weight is 262 g/mol. The van der Waals surface area contributed by atoms with E-state index < -0.39 is 0 Å². The van der Waals surface area contributed by atoms with Gasteiger partial charge in [-0.3, -0.25) is 0 Å². The van der Waals surface area contributed by atoms with Crippen molar-refractivity contribution in [1.82, 2.24) is 5.32 Å². The molecule has 106 valence electrons. The molecule has 0 spiro atoms. The molecular formula is C16H26N2O. The Morgan fingerprint density at radius 3 is 2.84 bits per heavy atom. The van der Waals surface area contributed by atoms with Crippen LogP contribution in [0, 0.1) is 0 Å². The number of nitrogens with one attached hydrogen (secondary N) is 1. The second-order valence-corrected chi connectivity index (χ2v) is 6.02. The van der Waals surface area contributed by atoms with Gasteiger partial charge >= 0.3 is 0 Å². The minimum atomic E-state index is -0.0753. The van der Waals surface area contributed by atoms with Crippen LogP contribution in [0.25, 0.3) is 0 Å². The Hall–Kier alpha value is -1.06. The molecule has 0 bridgehead atoms. The van der Waals surface area contributed by atoms with Crippen molar-refractivity contribution < 1.29 is 4.74 Å². The largest absolute Gasteiger partial charge is 0.379 e. The normalized spacial score (nSPS) is 17.8. The van der Waals surface area contributed by atoms with Gasteiger partial charge in [0.05, 0.1) is 5.60 Å². The molecule has 1 aromatic rings. The van der Waals surface area contributed by atoms with Crippen molar-refractivity contribution in [1.29, 1.82) is 0 Å². The smallest absolute Gasteiger partial charge is 0.0642 e. The lowest BCUT2D eigenvalue weighted by molar-refractivity contribution is 0.0108. The predicted molar refractivity (Wildman–Crippen MR) is 80.7 cm³/mol. The fraction of sp³-hybridized carbons (Fsp3) is 0.625. The standard InChI is InChI=1S/C16H26N2O/c1-13(11-16(2,3)19-4)18-10-9-17-12-14-7-5-6-8-15(14)18/h5-8,13,17H,9-12H2,1-4H3. The first-order valence-electron chi connectivity index (χ1n) is 7.14. The summed E-state index contributed by atoms with van der Waals surface area (Å²) in [5.74, 6) is 0. The first kappa shape index (κ1) is 14.4. The summed E-state index contributed by atoms with van der Waals surface area (Å²) >= 11 is 0. The van der Waals surface area contributed by atoms with E-state index in [1.807, 2.05) is 0 Å². The summed E-state index contributed by atoms with van der Waals surface area (Å²) in [6.45, 7) is 9.66. The van der Waals surface area contributed by atoms with Crippen molar-refractivity contribution in [2.45, 2.75) is 45.4 Å². The van der Waals surface area contributed by atoms with Gasteiger partial charge < -0.3 is 15.0 Å². The summed E-state index contributed by atoms with van der Waals surface area (Å²) in [4.78, 5) is 2.51. The quantitative estimate of drug-likeness (QED) is 0.903. The number of rotatable bonds is 4. The van der Waals surface area contributed by atoms with E-state index in [2.05, 4.69) is 55.3 Å². The van der Waals surface area contributed by atoms with Gasteiger partial charge in [-0.1, -0.05) is 18.2 Å². The number of methoxy groups -OCH3 is 1. The van der Waals surface area contributed by atoms with Crippen molar-refractivity contribution in [3.63, 3.8) is 0 Å². The summed E-state index contributed by atoms with van der Waals surface area (Å²) in [5, 5.41) is 3.49. The molecule has 1 aliphatic heterocycles. The monoisotopic (exact) mass is 262 g/mol. The van der Waals surface area contributed by atoms with Gasteiger partial charge in [0.2, 0.25) is 0 Å². The molecule has 3 heteroatoms. The highest BCUT2D eigenvalue weighted by atomic mass is 16.5. The van der Waals surface area contributed by atoms with E-state index in [9.17, 15) is 0 Å². The summed E-state index contributed by atoms with van der Waals surface area (Å²) < 4.78 is 5.58. The van der Waals surface area contributed by atoms with Gasteiger partial charge in [0.15, 0.2) is 0 Å². The first-order chi connectivity index (χ1) is 9.03.